The van der Waals surface area contributed by atoms with Gasteiger partial charge in [-0.05, 0) is 49.9 Å². The molecular formula is C22H30N4O3. The number of rotatable bonds is 6. The van der Waals surface area contributed by atoms with Crippen LogP contribution in [0.25, 0.3) is 0 Å². The van der Waals surface area contributed by atoms with E-state index in [2.05, 4.69) is 10.3 Å². The average molecular weight is 399 g/mol. The van der Waals surface area contributed by atoms with Crippen molar-refractivity contribution in [3.05, 3.63) is 36.2 Å². The zero-order valence-corrected chi connectivity index (χ0v) is 17.1. The van der Waals surface area contributed by atoms with Crippen LogP contribution in [0.4, 0.5) is 0 Å². The van der Waals surface area contributed by atoms with Gasteiger partial charge in [0, 0.05) is 19.0 Å². The van der Waals surface area contributed by atoms with Crippen molar-refractivity contribution in [2.24, 2.45) is 5.92 Å². The molecule has 2 aromatic rings. The summed E-state index contributed by atoms with van der Waals surface area (Å²) in [5.41, 5.74) is 0.465. The molecule has 0 radical (unpaired) electrons. The van der Waals surface area contributed by atoms with Crippen molar-refractivity contribution >= 4 is 5.91 Å². The van der Waals surface area contributed by atoms with Crippen LogP contribution in [0.2, 0.25) is 0 Å². The van der Waals surface area contributed by atoms with E-state index in [1.165, 1.54) is 19.3 Å². The van der Waals surface area contributed by atoms with E-state index in [-0.39, 0.29) is 5.91 Å². The van der Waals surface area contributed by atoms with E-state index in [1.807, 2.05) is 40.0 Å². The first-order chi connectivity index (χ1) is 14.2. The Morgan fingerprint density at radius 1 is 1.07 bits per heavy atom. The van der Waals surface area contributed by atoms with Gasteiger partial charge in [0.15, 0.2) is 5.69 Å². The molecule has 0 unspecified atom stereocenters. The van der Waals surface area contributed by atoms with Gasteiger partial charge in [-0.1, -0.05) is 24.5 Å². The van der Waals surface area contributed by atoms with Gasteiger partial charge in [0.2, 0.25) is 0 Å². The average Bonchev–Trinajstić information content (AvgIpc) is 3.29. The van der Waals surface area contributed by atoms with Gasteiger partial charge in [-0.3, -0.25) is 4.79 Å². The van der Waals surface area contributed by atoms with Gasteiger partial charge >= 0.3 is 0 Å². The van der Waals surface area contributed by atoms with Gasteiger partial charge in [-0.25, -0.2) is 4.68 Å². The molecule has 7 nitrogen and oxygen atoms in total. The lowest BCUT2D eigenvalue weighted by molar-refractivity contribution is 0.0627. The number of benzene rings is 1. The molecule has 2 aliphatic rings. The molecule has 2 heterocycles. The highest BCUT2D eigenvalue weighted by atomic mass is 16.5. The molecule has 4 rings (SSSR count). The first-order valence-corrected chi connectivity index (χ1v) is 10.7. The molecule has 1 aromatic heterocycles. The van der Waals surface area contributed by atoms with Gasteiger partial charge in [-0.15, -0.1) is 5.10 Å². The Balaban J connectivity index is 1.31. The van der Waals surface area contributed by atoms with E-state index in [1.54, 1.807) is 7.11 Å². The van der Waals surface area contributed by atoms with Crippen LogP contribution in [0, 0.1) is 5.92 Å². The molecule has 29 heavy (non-hydrogen) atoms. The summed E-state index contributed by atoms with van der Waals surface area (Å²) in [5.74, 6) is 1.95. The number of nitrogens with zero attached hydrogens (tertiary/aromatic N) is 4. The van der Waals surface area contributed by atoms with Gasteiger partial charge in [-0.2, -0.15) is 0 Å². The number of amides is 1. The molecule has 1 aromatic carbocycles. The number of hydrogen-bond donors (Lipinski definition) is 0. The maximum atomic E-state index is 12.9. The summed E-state index contributed by atoms with van der Waals surface area (Å²) in [6.07, 6.45) is 9.91. The molecular weight excluding hydrogens is 368 g/mol. The number of ether oxygens (including phenoxy) is 2. The largest absolute Gasteiger partial charge is 0.497 e. The first-order valence-electron chi connectivity index (χ1n) is 10.7. The van der Waals surface area contributed by atoms with Crippen LogP contribution >= 0.6 is 0 Å². The lowest BCUT2D eigenvalue weighted by atomic mass is 9.96. The Labute approximate surface area is 172 Å². The second-order valence-electron chi connectivity index (χ2n) is 8.12. The van der Waals surface area contributed by atoms with Crippen LogP contribution in [-0.2, 0) is 0 Å². The lowest BCUT2D eigenvalue weighted by Crippen LogP contribution is -2.41. The van der Waals surface area contributed by atoms with E-state index in [0.29, 0.717) is 30.8 Å². The summed E-state index contributed by atoms with van der Waals surface area (Å²) in [4.78, 5) is 14.8. The molecule has 1 amide bonds. The van der Waals surface area contributed by atoms with E-state index < -0.39 is 0 Å². The Morgan fingerprint density at radius 2 is 1.83 bits per heavy atom. The minimum Gasteiger partial charge on any atom is -0.497 e. The van der Waals surface area contributed by atoms with Crippen LogP contribution in [0.1, 0.15) is 61.5 Å². The molecule has 1 saturated heterocycles. The number of carbonyl (C=O) groups excluding carboxylic acids is 1. The Morgan fingerprint density at radius 3 is 2.59 bits per heavy atom. The van der Waals surface area contributed by atoms with Gasteiger partial charge in [0.05, 0.1) is 26.0 Å². The van der Waals surface area contributed by atoms with Crippen LogP contribution in [0.3, 0.4) is 0 Å². The Bertz CT molecular complexity index is 799. The van der Waals surface area contributed by atoms with Crippen LogP contribution in [0.5, 0.6) is 11.5 Å². The third-order valence-electron chi connectivity index (χ3n) is 6.03. The summed E-state index contributed by atoms with van der Waals surface area (Å²) in [6.45, 7) is 2.07. The summed E-state index contributed by atoms with van der Waals surface area (Å²) >= 11 is 0. The molecule has 2 fully saturated rings. The second kappa shape index (κ2) is 9.29. The van der Waals surface area contributed by atoms with Crippen LogP contribution in [0.15, 0.2) is 30.5 Å². The third-order valence-corrected chi connectivity index (χ3v) is 6.03. The monoisotopic (exact) mass is 398 g/mol. The predicted octanol–water partition coefficient (Wildman–Crippen LogP) is 3.72. The normalized spacial score (nSPS) is 20.4. The highest BCUT2D eigenvalue weighted by Crippen LogP contribution is 2.27. The van der Waals surface area contributed by atoms with Crippen LogP contribution in [-0.4, -0.2) is 52.6 Å². The fraction of sp³-hybridized carbons (Fsp3) is 0.591. The molecule has 1 atom stereocenters. The van der Waals surface area contributed by atoms with Gasteiger partial charge in [0.1, 0.15) is 11.5 Å². The zero-order valence-electron chi connectivity index (χ0n) is 17.1. The van der Waals surface area contributed by atoms with E-state index in [0.717, 1.165) is 43.7 Å². The quantitative estimate of drug-likeness (QED) is 0.742. The topological polar surface area (TPSA) is 69.5 Å². The van der Waals surface area contributed by atoms with Crippen molar-refractivity contribution in [1.82, 2.24) is 19.9 Å². The lowest BCUT2D eigenvalue weighted by Gasteiger charge is -2.32. The van der Waals surface area contributed by atoms with E-state index in [9.17, 15) is 4.79 Å². The van der Waals surface area contributed by atoms with Crippen molar-refractivity contribution in [2.75, 3.05) is 26.8 Å². The standard InChI is InChI=1S/C22H30N4O3/c1-28-19-9-11-20(12-10-19)29-16-17-6-5-13-25(14-17)22(27)21-15-26(24-23-21)18-7-3-2-4-8-18/h9-12,15,17-18H,2-8,13-14,16H2,1H3/t17-/m0/s1. The Hall–Kier alpha value is -2.57. The number of aromatic nitrogens is 3. The predicted molar refractivity (Wildman–Crippen MR) is 109 cm³/mol. The highest BCUT2D eigenvalue weighted by Gasteiger charge is 2.27. The van der Waals surface area contributed by atoms with Gasteiger partial charge < -0.3 is 14.4 Å². The molecule has 7 heteroatoms. The van der Waals surface area contributed by atoms with Crippen molar-refractivity contribution in [3.63, 3.8) is 0 Å². The molecule has 0 bridgehead atoms. The number of likely N-dealkylation sites (tertiary alicyclic amines) is 1. The molecule has 1 aliphatic heterocycles. The summed E-state index contributed by atoms with van der Waals surface area (Å²) in [7, 11) is 1.65. The fourth-order valence-corrected chi connectivity index (χ4v) is 4.33. The number of hydrogen-bond acceptors (Lipinski definition) is 5. The van der Waals surface area contributed by atoms with Crippen molar-refractivity contribution < 1.29 is 14.3 Å². The summed E-state index contributed by atoms with van der Waals surface area (Å²) in [5, 5.41) is 8.43. The van der Waals surface area contributed by atoms with Gasteiger partial charge in [0.25, 0.3) is 5.91 Å². The van der Waals surface area contributed by atoms with Crippen molar-refractivity contribution in [2.45, 2.75) is 51.0 Å². The van der Waals surface area contributed by atoms with Crippen LogP contribution < -0.4 is 9.47 Å². The first kappa shape index (κ1) is 19.7. The zero-order chi connectivity index (χ0) is 20.1. The van der Waals surface area contributed by atoms with Crippen molar-refractivity contribution in [1.29, 1.82) is 0 Å². The van der Waals surface area contributed by atoms with Crippen molar-refractivity contribution in [3.8, 4) is 11.5 Å². The summed E-state index contributed by atoms with van der Waals surface area (Å²) in [6, 6.07) is 8.00. The number of carbonyl (C=O) groups is 1. The molecule has 1 saturated carbocycles. The molecule has 156 valence electrons. The molecule has 1 aliphatic carbocycles. The SMILES string of the molecule is COc1ccc(OC[C@H]2CCCN(C(=O)c3cn(C4CCCCC4)nn3)C2)cc1. The summed E-state index contributed by atoms with van der Waals surface area (Å²) < 4.78 is 13.0. The van der Waals surface area contributed by atoms with E-state index in [4.69, 9.17) is 9.47 Å². The number of piperidine rings is 1. The fourth-order valence-electron chi connectivity index (χ4n) is 4.33. The van der Waals surface area contributed by atoms with E-state index >= 15 is 0 Å². The minimum atomic E-state index is -0.0128. The number of methoxy groups -OCH3 is 1. The third kappa shape index (κ3) is 4.89. The smallest absolute Gasteiger partial charge is 0.276 e. The maximum Gasteiger partial charge on any atom is 0.276 e. The minimum absolute atomic E-state index is 0.0128. The highest BCUT2D eigenvalue weighted by molar-refractivity contribution is 5.92. The second-order valence-corrected chi connectivity index (χ2v) is 8.12. The maximum absolute atomic E-state index is 12.9. The molecule has 0 spiro atoms. The molecule has 0 N–H and O–H groups in total. The Kier molecular flexibility index (Phi) is 6.32.